The van der Waals surface area contributed by atoms with Crippen molar-refractivity contribution in [3.05, 3.63) is 16.4 Å². The molecule has 0 aliphatic carbocycles. The lowest BCUT2D eigenvalue weighted by Gasteiger charge is -2.03. The minimum atomic E-state index is -4.66. The molecule has 0 saturated heterocycles. The van der Waals surface area contributed by atoms with Crippen molar-refractivity contribution in [1.29, 1.82) is 0 Å². The highest BCUT2D eigenvalue weighted by Crippen LogP contribution is 2.26. The molecule has 1 aromatic heterocycles. The van der Waals surface area contributed by atoms with Crippen molar-refractivity contribution in [2.75, 3.05) is 0 Å². The van der Waals surface area contributed by atoms with Crippen LogP contribution in [0.4, 0.5) is 13.2 Å². The first-order chi connectivity index (χ1) is 5.39. The Kier molecular flexibility index (Phi) is 2.39. The standard InChI is InChI=1S/C4Cl2F3N3/c5-2-10-1(4(7,8)9)11-3(6)12-2. The summed E-state index contributed by atoms with van der Waals surface area (Å²) in [7, 11) is 0. The van der Waals surface area contributed by atoms with Crippen LogP contribution in [0.2, 0.25) is 10.6 Å². The molecule has 0 N–H and O–H groups in total. The van der Waals surface area contributed by atoms with Gasteiger partial charge in [-0.3, -0.25) is 0 Å². The molecule has 12 heavy (non-hydrogen) atoms. The van der Waals surface area contributed by atoms with E-state index in [1.165, 1.54) is 0 Å². The largest absolute Gasteiger partial charge is 0.451 e. The second-order valence-electron chi connectivity index (χ2n) is 1.69. The Morgan fingerprint density at radius 1 is 0.917 bits per heavy atom. The Hall–Kier alpha value is -0.620. The zero-order valence-corrected chi connectivity index (χ0v) is 6.74. The third kappa shape index (κ3) is 2.18. The Morgan fingerprint density at radius 3 is 1.67 bits per heavy atom. The van der Waals surface area contributed by atoms with Crippen molar-refractivity contribution in [2.45, 2.75) is 6.18 Å². The molecule has 3 nitrogen and oxygen atoms in total. The number of nitrogens with zero attached hydrogens (tertiary/aromatic N) is 3. The predicted molar refractivity (Wildman–Crippen MR) is 34.8 cm³/mol. The van der Waals surface area contributed by atoms with Gasteiger partial charge in [-0.1, -0.05) is 0 Å². The number of rotatable bonds is 0. The van der Waals surface area contributed by atoms with Gasteiger partial charge in [0.25, 0.3) is 0 Å². The molecular weight excluding hydrogens is 218 g/mol. The Balaban J connectivity index is 3.18. The van der Waals surface area contributed by atoms with E-state index in [0.29, 0.717) is 0 Å². The van der Waals surface area contributed by atoms with Crippen LogP contribution in [0, 0.1) is 0 Å². The molecule has 0 spiro atoms. The van der Waals surface area contributed by atoms with Crippen LogP contribution in [-0.4, -0.2) is 15.0 Å². The smallest absolute Gasteiger partial charge is 0.193 e. The van der Waals surface area contributed by atoms with Gasteiger partial charge in [0.15, 0.2) is 0 Å². The predicted octanol–water partition coefficient (Wildman–Crippen LogP) is 2.20. The molecule has 0 atom stereocenters. The average Bonchev–Trinajstić information content (AvgIpc) is 1.82. The van der Waals surface area contributed by atoms with E-state index in [1.54, 1.807) is 0 Å². The fourth-order valence-electron chi connectivity index (χ4n) is 0.453. The summed E-state index contributed by atoms with van der Waals surface area (Å²) < 4.78 is 35.6. The van der Waals surface area contributed by atoms with E-state index < -0.39 is 22.6 Å². The summed E-state index contributed by atoms with van der Waals surface area (Å²) >= 11 is 10.2. The van der Waals surface area contributed by atoms with Crippen molar-refractivity contribution < 1.29 is 13.2 Å². The molecule has 0 aliphatic heterocycles. The fraction of sp³-hybridized carbons (Fsp3) is 0.250. The molecule has 0 aromatic carbocycles. The SMILES string of the molecule is FC(F)(F)c1nc(Cl)nc(Cl)n1. The minimum absolute atomic E-state index is 0.581. The molecule has 0 saturated carbocycles. The average molecular weight is 218 g/mol. The van der Waals surface area contributed by atoms with Crippen molar-refractivity contribution in [2.24, 2.45) is 0 Å². The van der Waals surface area contributed by atoms with Crippen molar-refractivity contribution >= 4 is 23.2 Å². The zero-order valence-electron chi connectivity index (χ0n) is 5.23. The van der Waals surface area contributed by atoms with E-state index in [-0.39, 0.29) is 0 Å². The molecule has 1 aromatic rings. The van der Waals surface area contributed by atoms with Gasteiger partial charge in [0.1, 0.15) is 0 Å². The van der Waals surface area contributed by atoms with Crippen molar-refractivity contribution in [1.82, 2.24) is 15.0 Å². The van der Waals surface area contributed by atoms with Gasteiger partial charge in [0.05, 0.1) is 0 Å². The maximum atomic E-state index is 11.9. The first-order valence-corrected chi connectivity index (χ1v) is 3.29. The second kappa shape index (κ2) is 3.02. The molecule has 0 aliphatic rings. The molecule has 0 unspecified atom stereocenters. The van der Waals surface area contributed by atoms with Crippen LogP contribution in [0.5, 0.6) is 0 Å². The maximum absolute atomic E-state index is 11.9. The summed E-state index contributed by atoms with van der Waals surface area (Å²) in [5.41, 5.74) is 0. The Bertz CT molecular complexity index is 280. The number of aromatic nitrogens is 3. The molecule has 66 valence electrons. The highest BCUT2D eigenvalue weighted by atomic mass is 35.5. The second-order valence-corrected chi connectivity index (χ2v) is 2.37. The summed E-state index contributed by atoms with van der Waals surface area (Å²) in [6.07, 6.45) is -4.66. The van der Waals surface area contributed by atoms with E-state index >= 15 is 0 Å². The Morgan fingerprint density at radius 2 is 1.33 bits per heavy atom. The van der Waals surface area contributed by atoms with Gasteiger partial charge < -0.3 is 0 Å². The molecule has 1 rings (SSSR count). The van der Waals surface area contributed by atoms with Gasteiger partial charge in [-0.2, -0.15) is 28.1 Å². The first-order valence-electron chi connectivity index (χ1n) is 2.54. The van der Waals surface area contributed by atoms with Crippen LogP contribution in [0.25, 0.3) is 0 Å². The van der Waals surface area contributed by atoms with Crippen molar-refractivity contribution in [3.63, 3.8) is 0 Å². The number of halogens is 5. The lowest BCUT2D eigenvalue weighted by Crippen LogP contribution is -2.11. The topological polar surface area (TPSA) is 38.7 Å². The van der Waals surface area contributed by atoms with Crippen LogP contribution in [-0.2, 0) is 6.18 Å². The number of hydrogen-bond acceptors (Lipinski definition) is 3. The van der Waals surface area contributed by atoms with E-state index in [9.17, 15) is 13.2 Å². The van der Waals surface area contributed by atoms with Gasteiger partial charge in [-0.15, -0.1) is 0 Å². The lowest BCUT2D eigenvalue weighted by molar-refractivity contribution is -0.145. The van der Waals surface area contributed by atoms with E-state index in [1.807, 2.05) is 0 Å². The van der Waals surface area contributed by atoms with Crippen molar-refractivity contribution in [3.8, 4) is 0 Å². The minimum Gasteiger partial charge on any atom is -0.193 e. The van der Waals surface area contributed by atoms with Gasteiger partial charge in [0, 0.05) is 0 Å². The zero-order chi connectivity index (χ0) is 9.35. The number of alkyl halides is 3. The van der Waals surface area contributed by atoms with Crippen LogP contribution in [0.15, 0.2) is 0 Å². The highest BCUT2D eigenvalue weighted by Gasteiger charge is 2.35. The van der Waals surface area contributed by atoms with Gasteiger partial charge in [-0.05, 0) is 23.2 Å². The van der Waals surface area contributed by atoms with Crippen LogP contribution >= 0.6 is 23.2 Å². The quantitative estimate of drug-likeness (QED) is 0.669. The fourth-order valence-corrected chi connectivity index (χ4v) is 0.816. The molecular formula is C4Cl2F3N3. The van der Waals surface area contributed by atoms with E-state index in [2.05, 4.69) is 15.0 Å². The first kappa shape index (κ1) is 9.47. The van der Waals surface area contributed by atoms with Gasteiger partial charge in [-0.25, -0.2) is 0 Å². The molecule has 8 heteroatoms. The lowest BCUT2D eigenvalue weighted by atomic mass is 10.6. The maximum Gasteiger partial charge on any atom is 0.451 e. The summed E-state index contributed by atoms with van der Waals surface area (Å²) in [6.45, 7) is 0. The van der Waals surface area contributed by atoms with E-state index in [4.69, 9.17) is 23.2 Å². The summed E-state index contributed by atoms with van der Waals surface area (Å²) in [4.78, 5) is 8.83. The Labute approximate surface area is 74.6 Å². The molecule has 0 bridgehead atoms. The van der Waals surface area contributed by atoms with Gasteiger partial charge in [0.2, 0.25) is 16.4 Å². The third-order valence-corrected chi connectivity index (χ3v) is 1.17. The molecule has 0 amide bonds. The third-order valence-electron chi connectivity index (χ3n) is 0.834. The highest BCUT2D eigenvalue weighted by molar-refractivity contribution is 6.30. The molecule has 0 radical (unpaired) electrons. The number of hydrogen-bond donors (Lipinski definition) is 0. The monoisotopic (exact) mass is 217 g/mol. The van der Waals surface area contributed by atoms with Crippen LogP contribution in [0.1, 0.15) is 5.82 Å². The molecule has 0 fully saturated rings. The van der Waals surface area contributed by atoms with Gasteiger partial charge >= 0.3 is 6.18 Å². The van der Waals surface area contributed by atoms with E-state index in [0.717, 1.165) is 0 Å². The summed E-state index contributed by atoms with van der Waals surface area (Å²) in [5, 5.41) is -1.16. The summed E-state index contributed by atoms with van der Waals surface area (Å²) in [5.74, 6) is -1.40. The summed E-state index contributed by atoms with van der Waals surface area (Å²) in [6, 6.07) is 0. The van der Waals surface area contributed by atoms with Crippen LogP contribution < -0.4 is 0 Å². The van der Waals surface area contributed by atoms with Crippen LogP contribution in [0.3, 0.4) is 0 Å². The normalized spacial score (nSPS) is 11.8. The molecule has 1 heterocycles.